The second-order valence-corrected chi connectivity index (χ2v) is 13.0. The maximum Gasteiger partial charge on any atom is 0.307 e. The van der Waals surface area contributed by atoms with E-state index >= 15 is 0 Å². The van der Waals surface area contributed by atoms with Gasteiger partial charge in [0.05, 0.1) is 11.6 Å². The quantitative estimate of drug-likeness (QED) is 0.417. The molecule has 1 saturated heterocycles. The Morgan fingerprint density at radius 2 is 1.71 bits per heavy atom. The van der Waals surface area contributed by atoms with Crippen LogP contribution in [-0.2, 0) is 32.0 Å². The second-order valence-electron chi connectivity index (χ2n) is 13.0. The number of carboxylic acids is 1. The highest BCUT2D eigenvalue weighted by Crippen LogP contribution is 2.42. The molecule has 7 heteroatoms. The normalized spacial score (nSPS) is 22.0. The molecule has 0 spiro atoms. The second kappa shape index (κ2) is 12.4. The number of benzene rings is 3. The van der Waals surface area contributed by atoms with Gasteiger partial charge in [-0.05, 0) is 78.1 Å². The van der Waals surface area contributed by atoms with Crippen molar-refractivity contribution in [2.75, 3.05) is 31.1 Å². The minimum Gasteiger partial charge on any atom is -0.481 e. The lowest BCUT2D eigenvalue weighted by atomic mass is 9.84. The molecule has 2 N–H and O–H groups in total. The molecule has 3 aromatic carbocycles. The number of carbonyl (C=O) groups excluding carboxylic acids is 2. The third kappa shape index (κ3) is 6.42. The van der Waals surface area contributed by atoms with Gasteiger partial charge in [-0.25, -0.2) is 0 Å². The predicted molar refractivity (Wildman–Crippen MR) is 165 cm³/mol. The molecular formula is C35H42N2O5. The number of nitrogens with zero attached hydrogens (tertiary/aromatic N) is 1. The molecule has 0 aromatic heterocycles. The zero-order valence-corrected chi connectivity index (χ0v) is 25.1. The number of aliphatic carboxylic acids is 1. The molecule has 0 bridgehead atoms. The van der Waals surface area contributed by atoms with Crippen LogP contribution < -0.4 is 10.2 Å². The first-order chi connectivity index (χ1) is 20.0. The molecule has 6 rings (SSSR count). The average Bonchev–Trinajstić information content (AvgIpc) is 3.38. The van der Waals surface area contributed by atoms with E-state index in [-0.39, 0.29) is 35.7 Å². The number of anilines is 1. The van der Waals surface area contributed by atoms with Crippen molar-refractivity contribution in [1.82, 2.24) is 5.32 Å². The van der Waals surface area contributed by atoms with E-state index in [2.05, 4.69) is 80.7 Å². The van der Waals surface area contributed by atoms with Crippen molar-refractivity contribution >= 4 is 34.1 Å². The molecule has 3 aliphatic rings. The zero-order valence-electron chi connectivity index (χ0n) is 25.1. The number of rotatable bonds is 4. The number of fused-ring (bicyclic) bond motifs is 3. The molecule has 3 aromatic rings. The molecule has 1 aliphatic carbocycles. The number of Topliss-reactive ketones (excluding diaryl/α,β-unsaturated/α-hetero) is 1. The molecule has 2 aliphatic heterocycles. The zero-order chi connectivity index (χ0) is 30.0. The molecular weight excluding hydrogens is 528 g/mol. The van der Waals surface area contributed by atoms with Gasteiger partial charge in [0, 0.05) is 24.6 Å². The standard InChI is InChI=1S/C27H29NO2.C8H13NO3/c1-27(2,3)17-28-24-15-20-11-6-10-19(20)14-23(24)26(30-16-25(28)29)22-13-7-9-18-8-4-5-12-21(18)22;1-5(10)7-4-9-3-2-6(7)8(11)12/h4-5,7-9,12-15,26H,6,10-11,16-17H2,1-3H3;6-7,9H,2-4H2,1H3,(H,11,12)/t;6-,7+/m.0/s1. The minimum atomic E-state index is -0.850. The van der Waals surface area contributed by atoms with Crippen LogP contribution in [0.15, 0.2) is 54.6 Å². The van der Waals surface area contributed by atoms with Crippen LogP contribution in [0.25, 0.3) is 10.8 Å². The van der Waals surface area contributed by atoms with Gasteiger partial charge in [0.25, 0.3) is 5.91 Å². The summed E-state index contributed by atoms with van der Waals surface area (Å²) in [6.45, 7) is 9.98. The van der Waals surface area contributed by atoms with E-state index in [0.29, 0.717) is 26.1 Å². The number of piperidine rings is 1. The predicted octanol–water partition coefficient (Wildman–Crippen LogP) is 5.71. The van der Waals surface area contributed by atoms with Gasteiger partial charge >= 0.3 is 5.97 Å². The number of ketones is 1. The number of hydrogen-bond acceptors (Lipinski definition) is 5. The van der Waals surface area contributed by atoms with Crippen LogP contribution in [0.1, 0.15) is 68.9 Å². The summed E-state index contributed by atoms with van der Waals surface area (Å²) in [5.41, 5.74) is 6.10. The van der Waals surface area contributed by atoms with Crippen LogP contribution in [0.5, 0.6) is 0 Å². The first-order valence-corrected chi connectivity index (χ1v) is 15.0. The summed E-state index contributed by atoms with van der Waals surface area (Å²) >= 11 is 0. The van der Waals surface area contributed by atoms with Crippen LogP contribution in [0.3, 0.4) is 0 Å². The fourth-order valence-corrected chi connectivity index (χ4v) is 6.50. The first-order valence-electron chi connectivity index (χ1n) is 15.0. The molecule has 3 atom stereocenters. The number of ether oxygens (including phenoxy) is 1. The van der Waals surface area contributed by atoms with Gasteiger partial charge in [-0.1, -0.05) is 69.3 Å². The number of aryl methyl sites for hydroxylation is 2. The van der Waals surface area contributed by atoms with E-state index in [1.165, 1.54) is 35.2 Å². The average molecular weight is 571 g/mol. The van der Waals surface area contributed by atoms with Crippen molar-refractivity contribution < 1.29 is 24.2 Å². The Hall–Kier alpha value is -3.55. The Morgan fingerprint density at radius 1 is 1.00 bits per heavy atom. The van der Waals surface area contributed by atoms with Crippen LogP contribution in [0.4, 0.5) is 5.69 Å². The highest BCUT2D eigenvalue weighted by molar-refractivity contribution is 5.97. The Morgan fingerprint density at radius 3 is 2.40 bits per heavy atom. The van der Waals surface area contributed by atoms with Gasteiger partial charge in [-0.3, -0.25) is 14.4 Å². The van der Waals surface area contributed by atoms with Gasteiger partial charge in [-0.15, -0.1) is 0 Å². The summed E-state index contributed by atoms with van der Waals surface area (Å²) in [6, 6.07) is 19.4. The van der Waals surface area contributed by atoms with Crippen LogP contribution in [0.2, 0.25) is 0 Å². The molecule has 1 unspecified atom stereocenters. The highest BCUT2D eigenvalue weighted by Gasteiger charge is 2.35. The van der Waals surface area contributed by atoms with E-state index < -0.39 is 11.9 Å². The molecule has 1 fully saturated rings. The van der Waals surface area contributed by atoms with Crippen molar-refractivity contribution in [2.24, 2.45) is 17.3 Å². The van der Waals surface area contributed by atoms with Gasteiger partial charge < -0.3 is 20.1 Å². The van der Waals surface area contributed by atoms with Crippen LogP contribution >= 0.6 is 0 Å². The molecule has 0 radical (unpaired) electrons. The van der Waals surface area contributed by atoms with Crippen molar-refractivity contribution in [2.45, 2.75) is 59.5 Å². The SMILES string of the molecule is CC(=O)[C@H]1CNCC[C@@H]1C(=O)O.CC(C)(C)CN1C(=O)COC(c2cccc3ccccc23)c2cc3c(cc21)CCC3. The number of carboxylic acid groups (broad SMARTS) is 1. The summed E-state index contributed by atoms with van der Waals surface area (Å²) in [6.07, 6.45) is 3.70. The topological polar surface area (TPSA) is 95.9 Å². The van der Waals surface area contributed by atoms with Gasteiger partial charge in [-0.2, -0.15) is 0 Å². The van der Waals surface area contributed by atoms with Crippen molar-refractivity contribution in [1.29, 1.82) is 0 Å². The summed E-state index contributed by atoms with van der Waals surface area (Å²) in [4.78, 5) is 36.9. The van der Waals surface area contributed by atoms with E-state index in [1.807, 2.05) is 4.90 Å². The Labute approximate surface area is 248 Å². The molecule has 2 heterocycles. The van der Waals surface area contributed by atoms with Gasteiger partial charge in [0.15, 0.2) is 0 Å². The number of hydrogen-bond donors (Lipinski definition) is 2. The minimum absolute atomic E-state index is 0.00518. The number of nitrogens with one attached hydrogen (secondary N) is 1. The first kappa shape index (κ1) is 29.9. The number of carbonyl (C=O) groups is 3. The Bertz CT molecular complexity index is 1460. The molecule has 42 heavy (non-hydrogen) atoms. The largest absolute Gasteiger partial charge is 0.481 e. The summed E-state index contributed by atoms with van der Waals surface area (Å²) in [7, 11) is 0. The smallest absolute Gasteiger partial charge is 0.307 e. The fraction of sp³-hybridized carbons (Fsp3) is 0.457. The maximum absolute atomic E-state index is 13.2. The van der Waals surface area contributed by atoms with E-state index in [1.54, 1.807) is 0 Å². The van der Waals surface area contributed by atoms with E-state index in [9.17, 15) is 14.4 Å². The molecule has 0 saturated carbocycles. The Kier molecular flexibility index (Phi) is 8.81. The summed E-state index contributed by atoms with van der Waals surface area (Å²) in [5.74, 6) is -1.65. The van der Waals surface area contributed by atoms with Crippen LogP contribution in [-0.4, -0.2) is 49.0 Å². The highest BCUT2D eigenvalue weighted by atomic mass is 16.5. The van der Waals surface area contributed by atoms with E-state index in [4.69, 9.17) is 9.84 Å². The summed E-state index contributed by atoms with van der Waals surface area (Å²) < 4.78 is 6.35. The maximum atomic E-state index is 13.2. The third-order valence-corrected chi connectivity index (χ3v) is 8.55. The lowest BCUT2D eigenvalue weighted by Crippen LogP contribution is -2.43. The van der Waals surface area contributed by atoms with Gasteiger partial charge in [0.2, 0.25) is 0 Å². The summed E-state index contributed by atoms with van der Waals surface area (Å²) in [5, 5.41) is 14.2. The van der Waals surface area contributed by atoms with Crippen molar-refractivity contribution in [3.63, 3.8) is 0 Å². The molecule has 222 valence electrons. The van der Waals surface area contributed by atoms with E-state index in [0.717, 1.165) is 29.7 Å². The third-order valence-electron chi connectivity index (χ3n) is 8.55. The Balaban J connectivity index is 0.000000248. The lowest BCUT2D eigenvalue weighted by Gasteiger charge is -2.31. The van der Waals surface area contributed by atoms with Gasteiger partial charge in [0.1, 0.15) is 18.5 Å². The lowest BCUT2D eigenvalue weighted by molar-refractivity contribution is -0.147. The fourth-order valence-electron chi connectivity index (χ4n) is 6.50. The molecule has 7 nitrogen and oxygen atoms in total. The van der Waals surface area contributed by atoms with Crippen molar-refractivity contribution in [3.05, 3.63) is 76.9 Å². The monoisotopic (exact) mass is 570 g/mol. The van der Waals surface area contributed by atoms with Crippen molar-refractivity contribution in [3.8, 4) is 0 Å². The van der Waals surface area contributed by atoms with Crippen LogP contribution in [0, 0.1) is 17.3 Å². The number of amides is 1. The molecule has 1 amide bonds.